The molecule has 2 heterocycles. The molecule has 1 amide bonds. The molecule has 0 spiro atoms. The molecule has 1 aliphatic heterocycles. The van der Waals surface area contributed by atoms with Crippen LogP contribution in [-0.2, 0) is 4.79 Å². The normalized spacial score (nSPS) is 15.3. The number of nitrogens with zero attached hydrogens (tertiary/aromatic N) is 4. The summed E-state index contributed by atoms with van der Waals surface area (Å²) in [5.74, 6) is 0.134. The molecule has 1 N–H and O–H groups in total. The molecule has 2 aromatic rings. The second kappa shape index (κ2) is 8.03. The molecule has 1 fully saturated rings. The summed E-state index contributed by atoms with van der Waals surface area (Å²) in [6.07, 6.45) is 2.13. The Morgan fingerprint density at radius 3 is 2.48 bits per heavy atom. The van der Waals surface area contributed by atoms with Crippen molar-refractivity contribution in [2.24, 2.45) is 0 Å². The Bertz CT molecular complexity index is 817. The first kappa shape index (κ1) is 18.6. The van der Waals surface area contributed by atoms with E-state index in [1.54, 1.807) is 11.8 Å². The Hall–Kier alpha value is -3.16. The molecule has 8 nitrogen and oxygen atoms in total. The number of ether oxygens (including phenoxy) is 1. The molecule has 0 radical (unpaired) electrons. The van der Waals surface area contributed by atoms with Crippen LogP contribution in [0, 0.1) is 6.92 Å². The van der Waals surface area contributed by atoms with Crippen LogP contribution >= 0.6 is 0 Å². The SMILES string of the molecule is Cc1cccc(OC(C)C(=O)N2CCN(c3cnc(C(=O)O)cn3)CC2)c1. The highest BCUT2D eigenvalue weighted by Crippen LogP contribution is 2.17. The fourth-order valence-electron chi connectivity index (χ4n) is 2.95. The van der Waals surface area contributed by atoms with Gasteiger partial charge in [-0.2, -0.15) is 0 Å². The van der Waals surface area contributed by atoms with Gasteiger partial charge in [-0.15, -0.1) is 0 Å². The second-order valence-corrected chi connectivity index (χ2v) is 6.45. The summed E-state index contributed by atoms with van der Waals surface area (Å²) in [7, 11) is 0. The van der Waals surface area contributed by atoms with Gasteiger partial charge in [0, 0.05) is 26.2 Å². The number of carboxylic acids is 1. The summed E-state index contributed by atoms with van der Waals surface area (Å²) in [5, 5.41) is 8.88. The van der Waals surface area contributed by atoms with Gasteiger partial charge in [0.1, 0.15) is 11.6 Å². The first-order valence-electron chi connectivity index (χ1n) is 8.76. The number of aryl methyl sites for hydroxylation is 1. The third-order valence-corrected chi connectivity index (χ3v) is 4.42. The Balaban J connectivity index is 1.54. The lowest BCUT2D eigenvalue weighted by Gasteiger charge is -2.36. The molecule has 1 unspecified atom stereocenters. The maximum atomic E-state index is 12.6. The highest BCUT2D eigenvalue weighted by atomic mass is 16.5. The number of hydrogen-bond donors (Lipinski definition) is 1. The Kier molecular flexibility index (Phi) is 5.54. The average Bonchev–Trinajstić information content (AvgIpc) is 2.67. The summed E-state index contributed by atoms with van der Waals surface area (Å²) in [6, 6.07) is 7.62. The number of carbonyl (C=O) groups excluding carboxylic acids is 1. The number of benzene rings is 1. The predicted molar refractivity (Wildman–Crippen MR) is 99.1 cm³/mol. The van der Waals surface area contributed by atoms with Crippen LogP contribution in [-0.4, -0.2) is 64.1 Å². The minimum Gasteiger partial charge on any atom is -0.481 e. The van der Waals surface area contributed by atoms with E-state index in [0.29, 0.717) is 37.7 Å². The molecule has 1 aromatic carbocycles. The number of carbonyl (C=O) groups is 2. The van der Waals surface area contributed by atoms with Gasteiger partial charge in [0.15, 0.2) is 11.8 Å². The van der Waals surface area contributed by atoms with Crippen molar-refractivity contribution in [2.75, 3.05) is 31.1 Å². The monoisotopic (exact) mass is 370 g/mol. The van der Waals surface area contributed by atoms with Crippen molar-refractivity contribution >= 4 is 17.7 Å². The number of aromatic carboxylic acids is 1. The standard InChI is InChI=1S/C19H22N4O4/c1-13-4-3-5-15(10-13)27-14(2)18(24)23-8-6-22(7-9-23)17-12-20-16(11-21-17)19(25)26/h3-5,10-12,14H,6-9H2,1-2H3,(H,25,26). The van der Waals surface area contributed by atoms with E-state index in [2.05, 4.69) is 9.97 Å². The third-order valence-electron chi connectivity index (χ3n) is 4.42. The van der Waals surface area contributed by atoms with Gasteiger partial charge in [0.2, 0.25) is 0 Å². The topological polar surface area (TPSA) is 95.9 Å². The largest absolute Gasteiger partial charge is 0.481 e. The molecule has 1 aliphatic rings. The molecule has 1 saturated heterocycles. The molecule has 142 valence electrons. The first-order chi connectivity index (χ1) is 12.9. The molecular formula is C19H22N4O4. The average molecular weight is 370 g/mol. The second-order valence-electron chi connectivity index (χ2n) is 6.45. The molecule has 27 heavy (non-hydrogen) atoms. The maximum absolute atomic E-state index is 12.6. The van der Waals surface area contributed by atoms with Crippen molar-refractivity contribution in [3.63, 3.8) is 0 Å². The summed E-state index contributed by atoms with van der Waals surface area (Å²) in [4.78, 5) is 35.3. The molecule has 1 atom stereocenters. The first-order valence-corrected chi connectivity index (χ1v) is 8.76. The van der Waals surface area contributed by atoms with Crippen LogP contribution in [0.5, 0.6) is 5.75 Å². The van der Waals surface area contributed by atoms with Crippen molar-refractivity contribution in [1.29, 1.82) is 0 Å². The maximum Gasteiger partial charge on any atom is 0.356 e. The van der Waals surface area contributed by atoms with Crippen LogP contribution in [0.3, 0.4) is 0 Å². The minimum absolute atomic E-state index is 0.0523. The minimum atomic E-state index is -1.10. The predicted octanol–water partition coefficient (Wildman–Crippen LogP) is 1.60. The third kappa shape index (κ3) is 4.52. The van der Waals surface area contributed by atoms with Gasteiger partial charge in [0.05, 0.1) is 12.4 Å². The molecule has 3 rings (SSSR count). The Labute approximate surface area is 157 Å². The van der Waals surface area contributed by atoms with Crippen molar-refractivity contribution in [2.45, 2.75) is 20.0 Å². The summed E-state index contributed by atoms with van der Waals surface area (Å²) in [5.41, 5.74) is 0.991. The Morgan fingerprint density at radius 1 is 1.15 bits per heavy atom. The van der Waals surface area contributed by atoms with Crippen LogP contribution in [0.15, 0.2) is 36.7 Å². The number of hydrogen-bond acceptors (Lipinski definition) is 6. The van der Waals surface area contributed by atoms with E-state index in [1.165, 1.54) is 12.4 Å². The fourth-order valence-corrected chi connectivity index (χ4v) is 2.95. The van der Waals surface area contributed by atoms with E-state index >= 15 is 0 Å². The zero-order valence-corrected chi connectivity index (χ0v) is 15.3. The van der Waals surface area contributed by atoms with Crippen molar-refractivity contribution in [3.8, 4) is 5.75 Å². The van der Waals surface area contributed by atoms with Crippen LogP contribution in [0.25, 0.3) is 0 Å². The lowest BCUT2D eigenvalue weighted by molar-refractivity contribution is -0.138. The zero-order chi connectivity index (χ0) is 19.4. The number of rotatable bonds is 5. The smallest absolute Gasteiger partial charge is 0.356 e. The quantitative estimate of drug-likeness (QED) is 0.854. The number of aromatic nitrogens is 2. The van der Waals surface area contributed by atoms with Crippen LogP contribution < -0.4 is 9.64 Å². The molecular weight excluding hydrogens is 348 g/mol. The summed E-state index contributed by atoms with van der Waals surface area (Å²) in [6.45, 7) is 6.02. The van der Waals surface area contributed by atoms with Crippen LogP contribution in [0.2, 0.25) is 0 Å². The lowest BCUT2D eigenvalue weighted by atomic mass is 10.2. The van der Waals surface area contributed by atoms with Gasteiger partial charge < -0.3 is 19.6 Å². The number of amides is 1. The van der Waals surface area contributed by atoms with Crippen LogP contribution in [0.1, 0.15) is 23.0 Å². The molecule has 0 saturated carbocycles. The Morgan fingerprint density at radius 2 is 1.89 bits per heavy atom. The van der Waals surface area contributed by atoms with E-state index in [1.807, 2.05) is 36.1 Å². The molecule has 1 aromatic heterocycles. The highest BCUT2D eigenvalue weighted by molar-refractivity contribution is 5.85. The van der Waals surface area contributed by atoms with E-state index < -0.39 is 12.1 Å². The van der Waals surface area contributed by atoms with Crippen molar-refractivity contribution in [3.05, 3.63) is 47.9 Å². The fraction of sp³-hybridized carbons (Fsp3) is 0.368. The lowest BCUT2D eigenvalue weighted by Crippen LogP contribution is -2.52. The van der Waals surface area contributed by atoms with Gasteiger partial charge in [0.25, 0.3) is 5.91 Å². The molecule has 0 aliphatic carbocycles. The summed E-state index contributed by atoms with van der Waals surface area (Å²) >= 11 is 0. The number of carboxylic acid groups (broad SMARTS) is 1. The van der Waals surface area contributed by atoms with Gasteiger partial charge in [-0.05, 0) is 31.5 Å². The van der Waals surface area contributed by atoms with Crippen molar-refractivity contribution in [1.82, 2.24) is 14.9 Å². The van der Waals surface area contributed by atoms with E-state index in [-0.39, 0.29) is 11.6 Å². The van der Waals surface area contributed by atoms with Crippen molar-refractivity contribution < 1.29 is 19.4 Å². The van der Waals surface area contributed by atoms with E-state index in [9.17, 15) is 9.59 Å². The van der Waals surface area contributed by atoms with E-state index in [0.717, 1.165) is 5.56 Å². The molecule has 8 heteroatoms. The van der Waals surface area contributed by atoms with Crippen LogP contribution in [0.4, 0.5) is 5.82 Å². The molecule has 0 bridgehead atoms. The van der Waals surface area contributed by atoms with Gasteiger partial charge in [-0.3, -0.25) is 4.79 Å². The highest BCUT2D eigenvalue weighted by Gasteiger charge is 2.26. The summed E-state index contributed by atoms with van der Waals surface area (Å²) < 4.78 is 5.77. The van der Waals surface area contributed by atoms with Gasteiger partial charge >= 0.3 is 5.97 Å². The van der Waals surface area contributed by atoms with Gasteiger partial charge in [-0.1, -0.05) is 12.1 Å². The van der Waals surface area contributed by atoms with Gasteiger partial charge in [-0.25, -0.2) is 14.8 Å². The zero-order valence-electron chi connectivity index (χ0n) is 15.3. The number of anilines is 1. The van der Waals surface area contributed by atoms with E-state index in [4.69, 9.17) is 9.84 Å². The number of piperazine rings is 1.